The van der Waals surface area contributed by atoms with Crippen LogP contribution in [0.1, 0.15) is 0 Å². The van der Waals surface area contributed by atoms with E-state index in [4.69, 9.17) is 0 Å². The minimum absolute atomic E-state index is 0. The molecular formula is C2H2F3O2SZn. The summed E-state index contributed by atoms with van der Waals surface area (Å²) in [6.07, 6.45) is 1.89. The van der Waals surface area contributed by atoms with E-state index in [9.17, 15) is 21.6 Å². The topological polar surface area (TPSA) is 34.1 Å². The van der Waals surface area contributed by atoms with Crippen LogP contribution in [0, 0.1) is 6.26 Å². The fraction of sp³-hybridized carbons (Fsp3) is 0.500. The number of sulfone groups is 1. The van der Waals surface area contributed by atoms with E-state index < -0.39 is 15.3 Å². The summed E-state index contributed by atoms with van der Waals surface area (Å²) in [5.74, 6) is 0. The van der Waals surface area contributed by atoms with Crippen LogP contribution >= 0.6 is 0 Å². The SMILES string of the molecule is [CH2]S(=O)(=O)C(F)(F)F.[Zn]. The molecule has 0 bridgehead atoms. The van der Waals surface area contributed by atoms with Crippen LogP contribution in [-0.2, 0) is 29.3 Å². The predicted octanol–water partition coefficient (Wildman–Crippen LogP) is 0.710. The average Bonchev–Trinajstić information content (AvgIpc) is 1.25. The molecule has 0 fully saturated rings. The molecule has 0 saturated carbocycles. The first-order valence-electron chi connectivity index (χ1n) is 1.39. The van der Waals surface area contributed by atoms with Crippen molar-refractivity contribution in [1.29, 1.82) is 0 Å². The van der Waals surface area contributed by atoms with Crippen molar-refractivity contribution in [3.8, 4) is 0 Å². The molecule has 7 heteroatoms. The van der Waals surface area contributed by atoms with Crippen molar-refractivity contribution in [2.24, 2.45) is 0 Å². The molecule has 0 saturated heterocycles. The van der Waals surface area contributed by atoms with Crippen molar-refractivity contribution < 1.29 is 41.1 Å². The fourth-order valence-electron chi connectivity index (χ4n) is 0. The number of halogens is 3. The van der Waals surface area contributed by atoms with E-state index in [1.807, 2.05) is 6.26 Å². The molecule has 0 aromatic carbocycles. The van der Waals surface area contributed by atoms with Crippen LogP contribution in [0.5, 0.6) is 0 Å². The molecule has 51 valence electrons. The summed E-state index contributed by atoms with van der Waals surface area (Å²) in [7, 11) is -5.09. The van der Waals surface area contributed by atoms with Gasteiger partial charge in [0.15, 0.2) is 0 Å². The van der Waals surface area contributed by atoms with Gasteiger partial charge < -0.3 is 0 Å². The van der Waals surface area contributed by atoms with Crippen molar-refractivity contribution in [2.75, 3.05) is 0 Å². The van der Waals surface area contributed by atoms with Gasteiger partial charge in [0, 0.05) is 19.5 Å². The summed E-state index contributed by atoms with van der Waals surface area (Å²) in [6.45, 7) is 0. The van der Waals surface area contributed by atoms with Gasteiger partial charge in [-0.05, 0) is 0 Å². The molecule has 0 aliphatic rings. The molecule has 9 heavy (non-hydrogen) atoms. The van der Waals surface area contributed by atoms with Gasteiger partial charge in [0.05, 0.1) is 6.26 Å². The Morgan fingerprint density at radius 1 is 1.22 bits per heavy atom. The Morgan fingerprint density at radius 3 is 1.33 bits per heavy atom. The molecule has 0 rings (SSSR count). The maximum absolute atomic E-state index is 10.9. The van der Waals surface area contributed by atoms with Crippen LogP contribution in [0.25, 0.3) is 0 Å². The largest absolute Gasteiger partial charge is 0.497 e. The van der Waals surface area contributed by atoms with Gasteiger partial charge in [-0.3, -0.25) is 0 Å². The van der Waals surface area contributed by atoms with Gasteiger partial charge >= 0.3 is 5.51 Å². The second-order valence-corrected chi connectivity index (χ2v) is 2.75. The second-order valence-electron chi connectivity index (χ2n) is 1.06. The van der Waals surface area contributed by atoms with Gasteiger partial charge in [0.2, 0.25) is 9.84 Å². The van der Waals surface area contributed by atoms with Gasteiger partial charge in [0.25, 0.3) is 0 Å². The van der Waals surface area contributed by atoms with Gasteiger partial charge in [0.1, 0.15) is 0 Å². The number of rotatable bonds is 0. The second kappa shape index (κ2) is 2.97. The normalized spacial score (nSPS) is 12.4. The molecule has 0 spiro atoms. The maximum Gasteiger partial charge on any atom is 0.497 e. The number of alkyl halides is 3. The molecule has 0 heterocycles. The Morgan fingerprint density at radius 2 is 1.33 bits per heavy atom. The molecule has 1 radical (unpaired) electrons. The molecule has 0 aliphatic heterocycles. The van der Waals surface area contributed by atoms with Crippen molar-refractivity contribution in [1.82, 2.24) is 0 Å². The van der Waals surface area contributed by atoms with Gasteiger partial charge in [-0.1, -0.05) is 0 Å². The zero-order valence-corrected chi connectivity index (χ0v) is 8.06. The van der Waals surface area contributed by atoms with Gasteiger partial charge in [-0.2, -0.15) is 13.2 Å². The third-order valence-electron chi connectivity index (χ3n) is 0.353. The summed E-state index contributed by atoms with van der Waals surface area (Å²) in [6, 6.07) is 0. The zero-order chi connectivity index (χ0) is 7.00. The summed E-state index contributed by atoms with van der Waals surface area (Å²) >= 11 is 0. The van der Waals surface area contributed by atoms with Gasteiger partial charge in [-0.25, -0.2) is 8.42 Å². The Balaban J connectivity index is 0. The van der Waals surface area contributed by atoms with E-state index in [0.717, 1.165) is 0 Å². The van der Waals surface area contributed by atoms with Crippen molar-refractivity contribution in [3.63, 3.8) is 0 Å². The smallest absolute Gasteiger partial charge is 0.220 e. The van der Waals surface area contributed by atoms with E-state index in [0.29, 0.717) is 0 Å². The van der Waals surface area contributed by atoms with Crippen molar-refractivity contribution in [2.45, 2.75) is 5.51 Å². The third kappa shape index (κ3) is 3.86. The molecule has 0 N–H and O–H groups in total. The standard InChI is InChI=1S/C2H2F3O2S.Zn/c1-8(6,7)2(3,4)5;/h1H2;. The Kier molecular flexibility index (Phi) is 3.98. The Labute approximate surface area is 63.1 Å². The molecule has 0 unspecified atom stereocenters. The molecule has 0 aliphatic carbocycles. The molecule has 0 atom stereocenters. The molecule has 0 aromatic rings. The van der Waals surface area contributed by atoms with Gasteiger partial charge in [-0.15, -0.1) is 0 Å². The number of hydrogen-bond acceptors (Lipinski definition) is 2. The fourth-order valence-corrected chi connectivity index (χ4v) is 0. The molecule has 0 amide bonds. The summed E-state index contributed by atoms with van der Waals surface area (Å²) in [5, 5.41) is 0. The first-order valence-corrected chi connectivity index (χ1v) is 3.05. The quantitative estimate of drug-likeness (QED) is 0.554. The van der Waals surface area contributed by atoms with Crippen molar-refractivity contribution >= 4 is 9.84 Å². The van der Waals surface area contributed by atoms with Crippen LogP contribution < -0.4 is 0 Å². The van der Waals surface area contributed by atoms with E-state index in [1.54, 1.807) is 0 Å². The monoisotopic (exact) mass is 211 g/mol. The predicted molar refractivity (Wildman–Crippen MR) is 20.3 cm³/mol. The number of hydrogen-bond donors (Lipinski definition) is 0. The molecule has 0 aromatic heterocycles. The summed E-state index contributed by atoms with van der Waals surface area (Å²) in [5.41, 5.74) is -5.20. The maximum atomic E-state index is 10.9. The Hall–Kier alpha value is 0.363. The molecular weight excluding hydrogens is 210 g/mol. The van der Waals surface area contributed by atoms with E-state index in [2.05, 4.69) is 0 Å². The van der Waals surface area contributed by atoms with Crippen molar-refractivity contribution in [3.05, 3.63) is 6.26 Å². The Bertz CT molecular complexity index is 169. The minimum Gasteiger partial charge on any atom is -0.220 e. The average molecular weight is 212 g/mol. The van der Waals surface area contributed by atoms with Crippen LogP contribution in [0.2, 0.25) is 0 Å². The summed E-state index contributed by atoms with van der Waals surface area (Å²) in [4.78, 5) is 0. The summed E-state index contributed by atoms with van der Waals surface area (Å²) < 4.78 is 51.6. The first-order chi connectivity index (χ1) is 3.25. The third-order valence-corrected chi connectivity index (χ3v) is 1.06. The van der Waals surface area contributed by atoms with Crippen LogP contribution in [0.3, 0.4) is 0 Å². The minimum atomic E-state index is -5.20. The zero-order valence-electron chi connectivity index (χ0n) is 4.27. The van der Waals surface area contributed by atoms with E-state index in [-0.39, 0.29) is 19.5 Å². The van der Waals surface area contributed by atoms with E-state index >= 15 is 0 Å². The van der Waals surface area contributed by atoms with Crippen LogP contribution in [0.15, 0.2) is 0 Å². The molecule has 2 nitrogen and oxygen atoms in total. The van der Waals surface area contributed by atoms with E-state index in [1.165, 1.54) is 0 Å². The first kappa shape index (κ1) is 12.1. The van der Waals surface area contributed by atoms with Crippen LogP contribution in [-0.4, -0.2) is 13.9 Å². The van der Waals surface area contributed by atoms with Crippen LogP contribution in [0.4, 0.5) is 13.2 Å².